The molecule has 1 aromatic rings. The van der Waals surface area contributed by atoms with Crippen LogP contribution < -0.4 is 4.90 Å². The predicted molar refractivity (Wildman–Crippen MR) is 88.6 cm³/mol. The molecule has 4 heterocycles. The second-order valence-electron chi connectivity index (χ2n) is 7.74. The van der Waals surface area contributed by atoms with Crippen molar-refractivity contribution < 1.29 is 14.7 Å². The van der Waals surface area contributed by atoms with Gasteiger partial charge < -0.3 is 10.0 Å². The zero-order valence-corrected chi connectivity index (χ0v) is 13.9. The summed E-state index contributed by atoms with van der Waals surface area (Å²) in [5.41, 5.74) is 1.30. The highest BCUT2D eigenvalue weighted by atomic mass is 16.3. The predicted octanol–water partition coefficient (Wildman–Crippen LogP) is 2.74. The van der Waals surface area contributed by atoms with Crippen molar-refractivity contribution in [3.63, 3.8) is 0 Å². The number of anilines is 1. The van der Waals surface area contributed by atoms with Crippen LogP contribution in [0, 0.1) is 5.41 Å². The molecule has 5 rings (SSSR count). The minimum absolute atomic E-state index is 0.0170. The molecule has 1 aromatic carbocycles. The number of rotatable bonds is 1. The molecule has 1 N–H and O–H groups in total. The molecule has 3 saturated heterocycles. The third-order valence-corrected chi connectivity index (χ3v) is 7.11. The summed E-state index contributed by atoms with van der Waals surface area (Å²) in [6.45, 7) is 2.94. The minimum atomic E-state index is -0.539. The van der Waals surface area contributed by atoms with Crippen LogP contribution in [-0.4, -0.2) is 34.0 Å². The largest absolute Gasteiger partial charge is 0.508 e. The second-order valence-corrected chi connectivity index (χ2v) is 7.74. The summed E-state index contributed by atoms with van der Waals surface area (Å²) in [5, 5.41) is 10.0. The maximum Gasteiger partial charge on any atom is 0.228 e. The standard InChI is InChI=1S/C19H22N2O3/c1-2-18-7-3-9-20-17(24)11-14-13-10-12(22)4-5-15(13)21(19(14,18)20)16(23)6-8-18/h4-5,10,14,22H,2-3,6-9,11H2,1H3/t14?,18-,19?/m1/s1. The number of piperidine rings is 2. The Kier molecular flexibility index (Phi) is 2.58. The van der Waals surface area contributed by atoms with Crippen molar-refractivity contribution in [3.8, 4) is 5.75 Å². The molecule has 0 aromatic heterocycles. The summed E-state index contributed by atoms with van der Waals surface area (Å²) in [4.78, 5) is 29.8. The lowest BCUT2D eigenvalue weighted by atomic mass is 9.59. The molecule has 24 heavy (non-hydrogen) atoms. The molecule has 5 heteroatoms. The van der Waals surface area contributed by atoms with Gasteiger partial charge in [0, 0.05) is 30.7 Å². The lowest BCUT2D eigenvalue weighted by Gasteiger charge is -2.62. The first-order valence-corrected chi connectivity index (χ1v) is 9.01. The Hall–Kier alpha value is -2.04. The molecular formula is C19H22N2O3. The first kappa shape index (κ1) is 14.3. The van der Waals surface area contributed by atoms with Crippen molar-refractivity contribution in [2.75, 3.05) is 11.4 Å². The molecule has 0 saturated carbocycles. The van der Waals surface area contributed by atoms with Crippen molar-refractivity contribution >= 4 is 17.5 Å². The maximum atomic E-state index is 13.0. The van der Waals surface area contributed by atoms with Gasteiger partial charge in [0.2, 0.25) is 11.8 Å². The van der Waals surface area contributed by atoms with E-state index in [1.807, 2.05) is 15.9 Å². The molecule has 0 bridgehead atoms. The zero-order valence-electron chi connectivity index (χ0n) is 13.9. The summed E-state index contributed by atoms with van der Waals surface area (Å²) in [5.74, 6) is 0.471. The number of amides is 2. The van der Waals surface area contributed by atoms with Gasteiger partial charge >= 0.3 is 0 Å². The van der Waals surface area contributed by atoms with Crippen LogP contribution in [0.3, 0.4) is 0 Å². The Morgan fingerprint density at radius 1 is 1.25 bits per heavy atom. The van der Waals surface area contributed by atoms with Crippen molar-refractivity contribution in [1.82, 2.24) is 4.90 Å². The van der Waals surface area contributed by atoms with E-state index in [4.69, 9.17) is 0 Å². The molecule has 5 nitrogen and oxygen atoms in total. The van der Waals surface area contributed by atoms with E-state index in [9.17, 15) is 14.7 Å². The first-order chi connectivity index (χ1) is 11.5. The van der Waals surface area contributed by atoms with E-state index in [1.165, 1.54) is 0 Å². The van der Waals surface area contributed by atoms with Crippen LogP contribution >= 0.6 is 0 Å². The Bertz CT molecular complexity index is 776. The minimum Gasteiger partial charge on any atom is -0.508 e. The number of hydrogen-bond donors (Lipinski definition) is 1. The molecule has 4 aliphatic rings. The fourth-order valence-electron chi connectivity index (χ4n) is 6.27. The number of hydrogen-bond acceptors (Lipinski definition) is 3. The topological polar surface area (TPSA) is 60.9 Å². The highest BCUT2D eigenvalue weighted by Crippen LogP contribution is 2.68. The Morgan fingerprint density at radius 2 is 2.08 bits per heavy atom. The number of benzene rings is 1. The number of carbonyl (C=O) groups excluding carboxylic acids is 2. The quantitative estimate of drug-likeness (QED) is 0.863. The van der Waals surface area contributed by atoms with Gasteiger partial charge in [0.1, 0.15) is 11.4 Å². The number of phenolic OH excluding ortho intramolecular Hbond substituents is 1. The highest BCUT2D eigenvalue weighted by molar-refractivity contribution is 6.02. The van der Waals surface area contributed by atoms with Crippen LogP contribution in [0.25, 0.3) is 0 Å². The number of carbonyl (C=O) groups is 2. The van der Waals surface area contributed by atoms with Gasteiger partial charge in [0.25, 0.3) is 0 Å². The molecule has 0 aliphatic carbocycles. The SMILES string of the molecule is CC[C@@]12CCCN3C(=O)CC4c5cc(O)ccc5N(C(=O)CC1)C432. The molecule has 3 atom stereocenters. The molecule has 4 aliphatic heterocycles. The van der Waals surface area contributed by atoms with Crippen LogP contribution in [0.2, 0.25) is 0 Å². The Labute approximate surface area is 141 Å². The highest BCUT2D eigenvalue weighted by Gasteiger charge is 2.73. The van der Waals surface area contributed by atoms with Crippen LogP contribution in [0.15, 0.2) is 18.2 Å². The average molecular weight is 326 g/mol. The fraction of sp³-hybridized carbons (Fsp3) is 0.579. The first-order valence-electron chi connectivity index (χ1n) is 9.01. The van der Waals surface area contributed by atoms with Gasteiger partial charge in [-0.3, -0.25) is 14.5 Å². The molecule has 0 radical (unpaired) electrons. The van der Waals surface area contributed by atoms with E-state index in [1.54, 1.807) is 12.1 Å². The van der Waals surface area contributed by atoms with Crippen molar-refractivity contribution in [1.29, 1.82) is 0 Å². The van der Waals surface area contributed by atoms with Crippen LogP contribution in [-0.2, 0) is 9.59 Å². The molecule has 3 fully saturated rings. The van der Waals surface area contributed by atoms with Gasteiger partial charge in [-0.25, -0.2) is 0 Å². The van der Waals surface area contributed by atoms with E-state index in [0.29, 0.717) is 12.8 Å². The van der Waals surface area contributed by atoms with Gasteiger partial charge in [-0.15, -0.1) is 0 Å². The van der Waals surface area contributed by atoms with Crippen LogP contribution in [0.5, 0.6) is 5.75 Å². The number of nitrogens with zero attached hydrogens (tertiary/aromatic N) is 2. The molecule has 2 unspecified atom stereocenters. The Morgan fingerprint density at radius 3 is 2.88 bits per heavy atom. The molecular weight excluding hydrogens is 304 g/mol. The van der Waals surface area contributed by atoms with E-state index in [-0.39, 0.29) is 28.9 Å². The zero-order chi connectivity index (χ0) is 16.7. The average Bonchev–Trinajstić information content (AvgIpc) is 3.02. The Balaban J connectivity index is 1.84. The van der Waals surface area contributed by atoms with E-state index >= 15 is 0 Å². The van der Waals surface area contributed by atoms with E-state index in [2.05, 4.69) is 6.92 Å². The van der Waals surface area contributed by atoms with E-state index in [0.717, 1.165) is 43.5 Å². The van der Waals surface area contributed by atoms with E-state index < -0.39 is 5.66 Å². The molecule has 126 valence electrons. The van der Waals surface area contributed by atoms with Crippen molar-refractivity contribution in [2.45, 2.75) is 57.0 Å². The van der Waals surface area contributed by atoms with Gasteiger partial charge in [0.15, 0.2) is 0 Å². The smallest absolute Gasteiger partial charge is 0.228 e. The lowest BCUT2D eigenvalue weighted by Crippen LogP contribution is -2.73. The summed E-state index contributed by atoms with van der Waals surface area (Å²) < 4.78 is 0. The summed E-state index contributed by atoms with van der Waals surface area (Å²) in [7, 11) is 0. The van der Waals surface area contributed by atoms with Crippen molar-refractivity contribution in [2.24, 2.45) is 5.41 Å². The molecule has 1 spiro atoms. The van der Waals surface area contributed by atoms with Gasteiger partial charge in [0.05, 0.1) is 5.69 Å². The van der Waals surface area contributed by atoms with Crippen molar-refractivity contribution in [3.05, 3.63) is 23.8 Å². The van der Waals surface area contributed by atoms with Gasteiger partial charge in [-0.2, -0.15) is 0 Å². The van der Waals surface area contributed by atoms with Crippen LogP contribution in [0.4, 0.5) is 5.69 Å². The lowest BCUT2D eigenvalue weighted by molar-refractivity contribution is -0.150. The normalized spacial score (nSPS) is 36.6. The van der Waals surface area contributed by atoms with Gasteiger partial charge in [-0.1, -0.05) is 6.92 Å². The summed E-state index contributed by atoms with van der Waals surface area (Å²) in [6.07, 6.45) is 4.90. The third-order valence-electron chi connectivity index (χ3n) is 7.11. The number of phenols is 1. The monoisotopic (exact) mass is 326 g/mol. The van der Waals surface area contributed by atoms with Gasteiger partial charge in [-0.05, 0) is 49.4 Å². The second kappa shape index (κ2) is 4.32. The number of aromatic hydroxyl groups is 1. The summed E-state index contributed by atoms with van der Waals surface area (Å²) >= 11 is 0. The molecule has 2 amide bonds. The third kappa shape index (κ3) is 1.31. The fourth-order valence-corrected chi connectivity index (χ4v) is 6.27. The van der Waals surface area contributed by atoms with Crippen LogP contribution in [0.1, 0.15) is 56.9 Å². The number of fused-ring (bicyclic) bond motifs is 3. The summed E-state index contributed by atoms with van der Waals surface area (Å²) in [6, 6.07) is 5.28. The maximum absolute atomic E-state index is 13.0.